The SMILES string of the molecule is CC(C)(C)OC(=O)N[C@H]1CC(C)(F)c2cc(F)c(-c3nnc(C(C)(C)C#N)o3)cc2CC(Cc2ccc(-c3ccc(OC(C)(F)F)cn3)cc2)C1=O.[HH]. The van der Waals surface area contributed by atoms with Crippen molar-refractivity contribution in [3.05, 3.63) is 83.1 Å². The number of hydrogen-bond donors (Lipinski definition) is 1. The number of nitrogens with zero attached hydrogens (tertiary/aromatic N) is 4. The van der Waals surface area contributed by atoms with Gasteiger partial charge in [0.15, 0.2) is 5.78 Å². The number of amides is 1. The van der Waals surface area contributed by atoms with Crippen molar-refractivity contribution in [1.29, 1.82) is 5.26 Å². The van der Waals surface area contributed by atoms with E-state index in [0.29, 0.717) is 23.7 Å². The lowest BCUT2D eigenvalue weighted by molar-refractivity contribution is -0.159. The van der Waals surface area contributed by atoms with Crippen LogP contribution in [0.3, 0.4) is 0 Å². The largest absolute Gasteiger partial charge is 0.444 e. The number of nitriles is 1. The molecule has 5 rings (SSSR count). The molecule has 2 unspecified atom stereocenters. The molecule has 0 bridgehead atoms. The first-order chi connectivity index (χ1) is 24.1. The number of nitrogens with one attached hydrogen (secondary N) is 1. The molecule has 10 nitrogen and oxygen atoms in total. The van der Waals surface area contributed by atoms with Crippen LogP contribution in [-0.2, 0) is 33.5 Å². The van der Waals surface area contributed by atoms with Crippen molar-refractivity contribution < 1.29 is 42.5 Å². The smallest absolute Gasteiger partial charge is 0.408 e. The topological polar surface area (TPSA) is 140 Å². The maximum Gasteiger partial charge on any atom is 0.408 e. The second-order valence-electron chi connectivity index (χ2n) is 14.7. The van der Waals surface area contributed by atoms with E-state index in [4.69, 9.17) is 9.15 Å². The fraction of sp³-hybridized carbons (Fsp3) is 0.421. The third-order valence-corrected chi connectivity index (χ3v) is 8.48. The van der Waals surface area contributed by atoms with Crippen molar-refractivity contribution >= 4 is 11.9 Å². The number of carbonyl (C=O) groups excluding carboxylic acids is 2. The molecule has 0 saturated heterocycles. The quantitative estimate of drug-likeness (QED) is 0.177. The molecular formula is C38H41F4N5O5. The van der Waals surface area contributed by atoms with Gasteiger partial charge in [0.05, 0.1) is 29.6 Å². The van der Waals surface area contributed by atoms with Crippen LogP contribution in [0, 0.1) is 23.1 Å². The highest BCUT2D eigenvalue weighted by atomic mass is 19.3. The van der Waals surface area contributed by atoms with Crippen LogP contribution in [0.2, 0.25) is 0 Å². The lowest BCUT2D eigenvalue weighted by Gasteiger charge is -2.34. The summed E-state index contributed by atoms with van der Waals surface area (Å²) in [7, 11) is 0. The average molecular weight is 724 g/mol. The van der Waals surface area contributed by atoms with Crippen molar-refractivity contribution in [2.45, 2.75) is 96.6 Å². The monoisotopic (exact) mass is 723 g/mol. The molecule has 52 heavy (non-hydrogen) atoms. The van der Waals surface area contributed by atoms with Crippen LogP contribution in [0.15, 0.2) is 59.1 Å². The van der Waals surface area contributed by atoms with E-state index in [9.17, 15) is 23.6 Å². The van der Waals surface area contributed by atoms with Gasteiger partial charge >= 0.3 is 12.2 Å². The molecular weight excluding hydrogens is 682 g/mol. The minimum Gasteiger partial charge on any atom is -0.444 e. The van der Waals surface area contributed by atoms with Crippen molar-refractivity contribution in [1.82, 2.24) is 20.5 Å². The number of alkyl halides is 3. The molecule has 3 atom stereocenters. The number of fused-ring (bicyclic) bond motifs is 1. The number of pyridine rings is 1. The molecule has 2 heterocycles. The molecule has 1 N–H and O–H groups in total. The van der Waals surface area contributed by atoms with Gasteiger partial charge in [-0.05, 0) is 95.3 Å². The second-order valence-corrected chi connectivity index (χ2v) is 14.7. The van der Waals surface area contributed by atoms with Crippen LogP contribution < -0.4 is 10.1 Å². The highest BCUT2D eigenvalue weighted by Crippen LogP contribution is 2.41. The zero-order valence-corrected chi connectivity index (χ0v) is 29.8. The van der Waals surface area contributed by atoms with Gasteiger partial charge in [0, 0.05) is 26.3 Å². The molecule has 0 radical (unpaired) electrons. The molecule has 0 aliphatic heterocycles. The van der Waals surface area contributed by atoms with Crippen LogP contribution in [0.5, 0.6) is 5.75 Å². The minimum absolute atomic E-state index is 0. The van der Waals surface area contributed by atoms with Gasteiger partial charge in [-0.2, -0.15) is 14.0 Å². The summed E-state index contributed by atoms with van der Waals surface area (Å²) in [4.78, 5) is 31.3. The number of halogens is 4. The Bertz CT molecular complexity index is 2000. The first-order valence-electron chi connectivity index (χ1n) is 16.6. The standard InChI is InChI=1S/C38H39F4N5O5.H2/c1-35(2,3)52-34(49)45-30-18-37(6,40)27-17-28(39)26(32-46-47-33(50-32)36(4,5)20-43)16-23(27)15-24(31(30)48)14-21-8-10-22(11-9-21)29-13-12-25(19-44-29)51-38(7,41)42;/h8-13,16-17,19,24,30H,14-15,18H2,1-7H3,(H,45,49);1H/t24?,30-,37?;/m0./s1. The van der Waals surface area contributed by atoms with E-state index in [0.717, 1.165) is 11.6 Å². The van der Waals surface area contributed by atoms with Crippen molar-refractivity contribution in [2.24, 2.45) is 5.92 Å². The summed E-state index contributed by atoms with van der Waals surface area (Å²) in [5.74, 6) is -2.44. The molecule has 276 valence electrons. The Labute approximate surface area is 300 Å². The lowest BCUT2D eigenvalue weighted by Crippen LogP contribution is -2.49. The third-order valence-electron chi connectivity index (χ3n) is 8.48. The molecule has 14 heteroatoms. The molecule has 1 aliphatic rings. The Hall–Kier alpha value is -5.32. The molecule has 2 aromatic carbocycles. The average Bonchev–Trinajstić information content (AvgIpc) is 3.54. The number of benzene rings is 2. The fourth-order valence-electron chi connectivity index (χ4n) is 5.97. The Morgan fingerprint density at radius 1 is 1.10 bits per heavy atom. The number of rotatable bonds is 8. The molecule has 1 amide bonds. The van der Waals surface area contributed by atoms with Gasteiger partial charge in [-0.1, -0.05) is 24.3 Å². The number of Topliss-reactive ketones (excluding diaryl/α,β-unsaturated/α-hetero) is 1. The zero-order chi connectivity index (χ0) is 38.2. The summed E-state index contributed by atoms with van der Waals surface area (Å²) in [5.41, 5.74) is -2.21. The lowest BCUT2D eigenvalue weighted by atomic mass is 9.75. The van der Waals surface area contributed by atoms with Gasteiger partial charge in [-0.3, -0.25) is 9.78 Å². The molecule has 1 aliphatic carbocycles. The number of hydrogen-bond acceptors (Lipinski definition) is 9. The van der Waals surface area contributed by atoms with Gasteiger partial charge in [0.1, 0.15) is 28.3 Å². The van der Waals surface area contributed by atoms with Crippen molar-refractivity contribution in [3.8, 4) is 34.5 Å². The number of aromatic nitrogens is 3. The molecule has 4 aromatic rings. The molecule has 0 saturated carbocycles. The normalized spacial score (nSPS) is 19.5. The van der Waals surface area contributed by atoms with E-state index in [-0.39, 0.29) is 42.9 Å². The predicted molar refractivity (Wildman–Crippen MR) is 184 cm³/mol. The second kappa shape index (κ2) is 14.0. The third kappa shape index (κ3) is 8.93. The minimum atomic E-state index is -3.36. The zero-order valence-electron chi connectivity index (χ0n) is 29.8. The van der Waals surface area contributed by atoms with Crippen LogP contribution in [0.25, 0.3) is 22.7 Å². The summed E-state index contributed by atoms with van der Waals surface area (Å²) in [6, 6.07) is 13.2. The molecule has 2 aromatic heterocycles. The summed E-state index contributed by atoms with van der Waals surface area (Å²) in [6.45, 7) is 9.96. The first kappa shape index (κ1) is 37.9. The van der Waals surface area contributed by atoms with Gasteiger partial charge in [0.25, 0.3) is 5.89 Å². The molecule has 0 spiro atoms. The van der Waals surface area contributed by atoms with Crippen molar-refractivity contribution in [3.63, 3.8) is 0 Å². The van der Waals surface area contributed by atoms with Crippen LogP contribution in [0.4, 0.5) is 22.4 Å². The number of carbonyl (C=O) groups is 2. The van der Waals surface area contributed by atoms with Crippen LogP contribution >= 0.6 is 0 Å². The van der Waals surface area contributed by atoms with Gasteiger partial charge in [-0.25, -0.2) is 13.6 Å². The maximum atomic E-state index is 16.7. The van der Waals surface area contributed by atoms with E-state index in [2.05, 4.69) is 25.2 Å². The van der Waals surface area contributed by atoms with E-state index in [1.54, 1.807) is 58.9 Å². The summed E-state index contributed by atoms with van der Waals surface area (Å²) >= 11 is 0. The summed E-state index contributed by atoms with van der Waals surface area (Å²) < 4.78 is 74.5. The highest BCUT2D eigenvalue weighted by Gasteiger charge is 2.42. The molecule has 0 fully saturated rings. The highest BCUT2D eigenvalue weighted by molar-refractivity contribution is 5.90. The van der Waals surface area contributed by atoms with Gasteiger partial charge < -0.3 is 19.2 Å². The Morgan fingerprint density at radius 2 is 1.79 bits per heavy atom. The van der Waals surface area contributed by atoms with Crippen molar-refractivity contribution in [2.75, 3.05) is 0 Å². The van der Waals surface area contributed by atoms with Crippen LogP contribution in [0.1, 0.15) is 78.9 Å². The summed E-state index contributed by atoms with van der Waals surface area (Å²) in [5, 5.41) is 19.9. The Morgan fingerprint density at radius 3 is 2.38 bits per heavy atom. The van der Waals surface area contributed by atoms with E-state index in [1.807, 2.05) is 6.07 Å². The Kier molecular flexibility index (Phi) is 10.2. The van der Waals surface area contributed by atoms with Crippen LogP contribution in [-0.4, -0.2) is 44.8 Å². The van der Waals surface area contributed by atoms with Gasteiger partial charge in [0.2, 0.25) is 5.89 Å². The Balaban J connectivity index is 0.00000627. The predicted octanol–water partition coefficient (Wildman–Crippen LogP) is 8.43. The summed E-state index contributed by atoms with van der Waals surface area (Å²) in [6.07, 6.45) is -3.43. The fourth-order valence-corrected chi connectivity index (χ4v) is 5.97. The van der Waals surface area contributed by atoms with E-state index in [1.165, 1.54) is 31.3 Å². The van der Waals surface area contributed by atoms with E-state index >= 15 is 8.78 Å². The number of alkyl carbamates (subject to hydrolysis) is 1. The van der Waals surface area contributed by atoms with E-state index < -0.39 is 58.9 Å². The first-order valence-corrected chi connectivity index (χ1v) is 16.6. The maximum absolute atomic E-state index is 16.7. The number of ether oxygens (including phenoxy) is 2. The van der Waals surface area contributed by atoms with Gasteiger partial charge in [-0.15, -0.1) is 10.2 Å². The number of ketones is 1.